The largest absolute Gasteiger partial charge is 0.494 e. The average molecular weight is 356 g/mol. The fourth-order valence-electron chi connectivity index (χ4n) is 2.47. The van der Waals surface area contributed by atoms with Crippen molar-refractivity contribution < 1.29 is 14.3 Å². The summed E-state index contributed by atoms with van der Waals surface area (Å²) in [5, 5.41) is 5.94. The van der Waals surface area contributed by atoms with Crippen LogP contribution >= 0.6 is 0 Å². The van der Waals surface area contributed by atoms with Crippen molar-refractivity contribution in [3.63, 3.8) is 0 Å². The van der Waals surface area contributed by atoms with E-state index >= 15 is 0 Å². The molecule has 2 N–H and O–H groups in total. The Morgan fingerprint density at radius 1 is 0.962 bits per heavy atom. The number of aryl methyl sites for hydroxylation is 1. The molecule has 0 radical (unpaired) electrons. The molecule has 2 aromatic carbocycles. The molecule has 0 atom stereocenters. The zero-order chi connectivity index (χ0) is 18.5. The van der Waals surface area contributed by atoms with Gasteiger partial charge in [-0.05, 0) is 49.1 Å². The minimum absolute atomic E-state index is 0.0256. The standard InChI is InChI=1S/C21H28N2O3/c1-25-15-6-14-22-21(24)17-23-19-10-12-20(13-11-19)26-16-5-9-18-7-3-2-4-8-18/h2-4,7-8,10-13,23H,5-6,9,14-17H2,1H3,(H,22,24). The Kier molecular flexibility index (Phi) is 9.08. The van der Waals surface area contributed by atoms with Gasteiger partial charge in [0.1, 0.15) is 5.75 Å². The van der Waals surface area contributed by atoms with Crippen molar-refractivity contribution in [2.45, 2.75) is 19.3 Å². The lowest BCUT2D eigenvalue weighted by atomic mass is 10.1. The van der Waals surface area contributed by atoms with E-state index in [1.54, 1.807) is 7.11 Å². The van der Waals surface area contributed by atoms with Crippen LogP contribution in [0.15, 0.2) is 54.6 Å². The third-order valence-electron chi connectivity index (χ3n) is 3.88. The first kappa shape index (κ1) is 19.8. The summed E-state index contributed by atoms with van der Waals surface area (Å²) >= 11 is 0. The van der Waals surface area contributed by atoms with Gasteiger partial charge in [0.05, 0.1) is 13.2 Å². The molecular formula is C21H28N2O3. The van der Waals surface area contributed by atoms with Crippen LogP contribution in [0.1, 0.15) is 18.4 Å². The molecule has 0 bridgehead atoms. The number of benzene rings is 2. The molecule has 0 fully saturated rings. The molecule has 26 heavy (non-hydrogen) atoms. The van der Waals surface area contributed by atoms with Crippen molar-refractivity contribution in [2.24, 2.45) is 0 Å². The highest BCUT2D eigenvalue weighted by molar-refractivity contribution is 5.80. The quantitative estimate of drug-likeness (QED) is 0.573. The lowest BCUT2D eigenvalue weighted by Crippen LogP contribution is -2.31. The van der Waals surface area contributed by atoms with Gasteiger partial charge < -0.3 is 20.1 Å². The molecule has 2 rings (SSSR count). The van der Waals surface area contributed by atoms with Gasteiger partial charge in [0.15, 0.2) is 0 Å². The van der Waals surface area contributed by atoms with Gasteiger partial charge in [0.2, 0.25) is 5.91 Å². The Morgan fingerprint density at radius 3 is 2.46 bits per heavy atom. The number of rotatable bonds is 12. The Labute approximate surface area is 155 Å². The number of methoxy groups -OCH3 is 1. The molecule has 5 heteroatoms. The number of amides is 1. The summed E-state index contributed by atoms with van der Waals surface area (Å²) in [6.07, 6.45) is 2.81. The summed E-state index contributed by atoms with van der Waals surface area (Å²) in [5.41, 5.74) is 2.23. The Bertz CT molecular complexity index is 629. The molecule has 1 amide bonds. The molecule has 0 heterocycles. The molecule has 0 spiro atoms. The van der Waals surface area contributed by atoms with Crippen molar-refractivity contribution in [3.8, 4) is 5.75 Å². The van der Waals surface area contributed by atoms with Crippen LogP contribution < -0.4 is 15.4 Å². The first-order chi connectivity index (χ1) is 12.8. The van der Waals surface area contributed by atoms with Crippen LogP contribution in [-0.2, 0) is 16.0 Å². The van der Waals surface area contributed by atoms with Crippen LogP contribution in [-0.4, -0.2) is 39.3 Å². The van der Waals surface area contributed by atoms with Gasteiger partial charge in [0, 0.05) is 25.9 Å². The second kappa shape index (κ2) is 11.9. The third kappa shape index (κ3) is 8.03. The lowest BCUT2D eigenvalue weighted by molar-refractivity contribution is -0.119. The summed E-state index contributed by atoms with van der Waals surface area (Å²) in [6.45, 7) is 2.22. The Morgan fingerprint density at radius 2 is 1.73 bits per heavy atom. The van der Waals surface area contributed by atoms with Crippen molar-refractivity contribution in [1.82, 2.24) is 5.32 Å². The second-order valence-corrected chi connectivity index (χ2v) is 6.01. The number of carbonyl (C=O) groups is 1. The highest BCUT2D eigenvalue weighted by atomic mass is 16.5. The van der Waals surface area contributed by atoms with E-state index in [1.807, 2.05) is 30.3 Å². The highest BCUT2D eigenvalue weighted by Gasteiger charge is 2.01. The van der Waals surface area contributed by atoms with E-state index < -0.39 is 0 Å². The van der Waals surface area contributed by atoms with E-state index in [2.05, 4.69) is 34.9 Å². The van der Waals surface area contributed by atoms with Crippen LogP contribution in [0.25, 0.3) is 0 Å². The number of carbonyl (C=O) groups excluding carboxylic acids is 1. The molecule has 0 saturated carbocycles. The van der Waals surface area contributed by atoms with Gasteiger partial charge in [-0.15, -0.1) is 0 Å². The minimum atomic E-state index is -0.0256. The van der Waals surface area contributed by atoms with E-state index in [4.69, 9.17) is 9.47 Å². The summed E-state index contributed by atoms with van der Waals surface area (Å²) in [7, 11) is 1.65. The highest BCUT2D eigenvalue weighted by Crippen LogP contribution is 2.16. The number of hydrogen-bond acceptors (Lipinski definition) is 4. The van der Waals surface area contributed by atoms with E-state index in [0.29, 0.717) is 19.8 Å². The van der Waals surface area contributed by atoms with E-state index in [0.717, 1.165) is 30.7 Å². The van der Waals surface area contributed by atoms with Crippen molar-refractivity contribution in [3.05, 3.63) is 60.2 Å². The molecular weight excluding hydrogens is 328 g/mol. The third-order valence-corrected chi connectivity index (χ3v) is 3.88. The molecule has 2 aromatic rings. The number of hydrogen-bond donors (Lipinski definition) is 2. The maximum Gasteiger partial charge on any atom is 0.239 e. The SMILES string of the molecule is COCCCNC(=O)CNc1ccc(OCCCc2ccccc2)cc1. The lowest BCUT2D eigenvalue weighted by Gasteiger charge is -2.09. The topological polar surface area (TPSA) is 59.6 Å². The molecule has 0 unspecified atom stereocenters. The maximum atomic E-state index is 11.7. The average Bonchev–Trinajstić information content (AvgIpc) is 2.69. The van der Waals surface area contributed by atoms with E-state index in [1.165, 1.54) is 5.56 Å². The molecule has 0 aromatic heterocycles. The molecule has 0 aliphatic rings. The van der Waals surface area contributed by atoms with Gasteiger partial charge in [0.25, 0.3) is 0 Å². The zero-order valence-corrected chi connectivity index (χ0v) is 15.4. The molecule has 0 saturated heterocycles. The van der Waals surface area contributed by atoms with E-state index in [-0.39, 0.29) is 12.5 Å². The predicted octanol–water partition coefficient (Wildman–Crippen LogP) is 3.26. The summed E-state index contributed by atoms with van der Waals surface area (Å²) in [4.78, 5) is 11.7. The Balaban J connectivity index is 1.60. The molecule has 140 valence electrons. The second-order valence-electron chi connectivity index (χ2n) is 6.01. The van der Waals surface area contributed by atoms with Crippen LogP contribution in [0.3, 0.4) is 0 Å². The number of ether oxygens (including phenoxy) is 2. The molecule has 0 aliphatic heterocycles. The monoisotopic (exact) mass is 356 g/mol. The zero-order valence-electron chi connectivity index (χ0n) is 15.4. The summed E-state index contributed by atoms with van der Waals surface area (Å²) < 4.78 is 10.7. The van der Waals surface area contributed by atoms with Crippen molar-refractivity contribution in [1.29, 1.82) is 0 Å². The summed E-state index contributed by atoms with van der Waals surface area (Å²) in [6, 6.07) is 18.1. The molecule has 5 nitrogen and oxygen atoms in total. The van der Waals surface area contributed by atoms with Crippen LogP contribution in [0.5, 0.6) is 5.75 Å². The smallest absolute Gasteiger partial charge is 0.239 e. The maximum absolute atomic E-state index is 11.7. The minimum Gasteiger partial charge on any atom is -0.494 e. The van der Waals surface area contributed by atoms with Gasteiger partial charge in [-0.25, -0.2) is 0 Å². The Hall–Kier alpha value is -2.53. The number of nitrogens with one attached hydrogen (secondary N) is 2. The van der Waals surface area contributed by atoms with Crippen LogP contribution in [0, 0.1) is 0 Å². The molecule has 0 aliphatic carbocycles. The normalized spacial score (nSPS) is 10.3. The van der Waals surface area contributed by atoms with Gasteiger partial charge >= 0.3 is 0 Å². The van der Waals surface area contributed by atoms with Crippen molar-refractivity contribution >= 4 is 11.6 Å². The number of anilines is 1. The van der Waals surface area contributed by atoms with Crippen LogP contribution in [0.4, 0.5) is 5.69 Å². The van der Waals surface area contributed by atoms with Gasteiger partial charge in [-0.3, -0.25) is 4.79 Å². The summed E-state index contributed by atoms with van der Waals surface area (Å²) in [5.74, 6) is 0.815. The van der Waals surface area contributed by atoms with Gasteiger partial charge in [-0.1, -0.05) is 30.3 Å². The predicted molar refractivity (Wildman–Crippen MR) is 105 cm³/mol. The van der Waals surface area contributed by atoms with Crippen LogP contribution in [0.2, 0.25) is 0 Å². The van der Waals surface area contributed by atoms with E-state index in [9.17, 15) is 4.79 Å². The first-order valence-electron chi connectivity index (χ1n) is 9.04. The first-order valence-corrected chi connectivity index (χ1v) is 9.04. The van der Waals surface area contributed by atoms with Gasteiger partial charge in [-0.2, -0.15) is 0 Å². The van der Waals surface area contributed by atoms with Crippen molar-refractivity contribution in [2.75, 3.05) is 38.7 Å². The fraction of sp³-hybridized carbons (Fsp3) is 0.381. The fourth-order valence-corrected chi connectivity index (χ4v) is 2.47.